The fraction of sp³-hybridized carbons (Fsp3) is 0.400. The van der Waals surface area contributed by atoms with Gasteiger partial charge < -0.3 is 4.74 Å². The van der Waals surface area contributed by atoms with Crippen LogP contribution in [0.4, 0.5) is 4.39 Å². The van der Waals surface area contributed by atoms with E-state index in [1.54, 1.807) is 6.92 Å². The zero-order chi connectivity index (χ0) is 13.1. The molecule has 1 rings (SSSR count). The van der Waals surface area contributed by atoms with Crippen molar-refractivity contribution in [1.82, 2.24) is 0 Å². The summed E-state index contributed by atoms with van der Waals surface area (Å²) < 4.78 is 40.5. The molecule has 0 aliphatic carbocycles. The SMILES string of the molecule is CC(COc1cc(F)ccc1Br)CS(N)(=O)=O. The van der Waals surface area contributed by atoms with Gasteiger partial charge in [0.2, 0.25) is 10.0 Å². The highest BCUT2D eigenvalue weighted by atomic mass is 79.9. The molecule has 0 saturated carbocycles. The first kappa shape index (κ1) is 14.4. The van der Waals surface area contributed by atoms with E-state index in [0.717, 1.165) is 0 Å². The molecule has 17 heavy (non-hydrogen) atoms. The Balaban J connectivity index is 2.58. The highest BCUT2D eigenvalue weighted by Crippen LogP contribution is 2.25. The smallest absolute Gasteiger partial charge is 0.209 e. The Labute approximate surface area is 108 Å². The van der Waals surface area contributed by atoms with Crippen LogP contribution in [-0.4, -0.2) is 20.8 Å². The molecule has 1 atom stereocenters. The van der Waals surface area contributed by atoms with Gasteiger partial charge in [0, 0.05) is 12.0 Å². The van der Waals surface area contributed by atoms with E-state index in [0.29, 0.717) is 10.2 Å². The largest absolute Gasteiger partial charge is 0.492 e. The standard InChI is InChI=1S/C10H13BrFNO3S/c1-7(6-17(13,14)15)5-16-10-4-8(12)2-3-9(10)11/h2-4,7H,5-6H2,1H3,(H2,13,14,15). The number of benzene rings is 1. The van der Waals surface area contributed by atoms with Gasteiger partial charge in [-0.1, -0.05) is 6.92 Å². The molecule has 0 saturated heterocycles. The maximum absolute atomic E-state index is 12.9. The Morgan fingerprint density at radius 3 is 2.76 bits per heavy atom. The van der Waals surface area contributed by atoms with E-state index in [2.05, 4.69) is 15.9 Å². The topological polar surface area (TPSA) is 69.4 Å². The van der Waals surface area contributed by atoms with Crippen molar-refractivity contribution in [2.24, 2.45) is 11.1 Å². The van der Waals surface area contributed by atoms with Gasteiger partial charge >= 0.3 is 0 Å². The zero-order valence-electron chi connectivity index (χ0n) is 9.19. The molecule has 1 aromatic carbocycles. The van der Waals surface area contributed by atoms with Gasteiger partial charge in [-0.2, -0.15) is 0 Å². The van der Waals surface area contributed by atoms with Crippen LogP contribution in [0.1, 0.15) is 6.92 Å². The Bertz CT molecular complexity index is 492. The highest BCUT2D eigenvalue weighted by Gasteiger charge is 2.12. The average molecular weight is 326 g/mol. The summed E-state index contributed by atoms with van der Waals surface area (Å²) in [5.74, 6) is -0.506. The predicted molar refractivity (Wildman–Crippen MR) is 66.7 cm³/mol. The second kappa shape index (κ2) is 5.79. The van der Waals surface area contributed by atoms with E-state index in [1.165, 1.54) is 18.2 Å². The van der Waals surface area contributed by atoms with Crippen LogP contribution < -0.4 is 9.88 Å². The van der Waals surface area contributed by atoms with Crippen LogP contribution in [-0.2, 0) is 10.0 Å². The normalized spacial score (nSPS) is 13.4. The molecule has 0 bridgehead atoms. The molecule has 4 nitrogen and oxygen atoms in total. The highest BCUT2D eigenvalue weighted by molar-refractivity contribution is 9.10. The lowest BCUT2D eigenvalue weighted by Gasteiger charge is -2.13. The van der Waals surface area contributed by atoms with Crippen molar-refractivity contribution >= 4 is 26.0 Å². The first-order valence-electron chi connectivity index (χ1n) is 4.86. The molecule has 7 heteroatoms. The van der Waals surface area contributed by atoms with Gasteiger partial charge in [0.15, 0.2) is 0 Å². The maximum atomic E-state index is 12.9. The van der Waals surface area contributed by atoms with Crippen molar-refractivity contribution < 1.29 is 17.5 Å². The van der Waals surface area contributed by atoms with Crippen LogP contribution in [0, 0.1) is 11.7 Å². The minimum atomic E-state index is -3.51. The van der Waals surface area contributed by atoms with E-state index in [4.69, 9.17) is 9.88 Å². The summed E-state index contributed by atoms with van der Waals surface area (Å²) in [4.78, 5) is 0. The molecule has 1 aromatic rings. The van der Waals surface area contributed by atoms with E-state index in [-0.39, 0.29) is 18.3 Å². The summed E-state index contributed by atoms with van der Waals surface area (Å²) in [6.45, 7) is 1.84. The van der Waals surface area contributed by atoms with Gasteiger partial charge in [-0.15, -0.1) is 0 Å². The molecule has 0 aromatic heterocycles. The number of primary sulfonamides is 1. The van der Waals surface area contributed by atoms with Gasteiger partial charge in [0.1, 0.15) is 11.6 Å². The molecule has 0 radical (unpaired) electrons. The van der Waals surface area contributed by atoms with Crippen LogP contribution in [0.25, 0.3) is 0 Å². The third-order valence-electron chi connectivity index (χ3n) is 1.93. The Hall–Kier alpha value is -0.660. The van der Waals surface area contributed by atoms with Gasteiger partial charge in [-0.05, 0) is 28.1 Å². The lowest BCUT2D eigenvalue weighted by Crippen LogP contribution is -2.25. The molecule has 0 amide bonds. The van der Waals surface area contributed by atoms with Gasteiger partial charge in [0.05, 0.1) is 16.8 Å². The van der Waals surface area contributed by atoms with Crippen LogP contribution in [0.5, 0.6) is 5.75 Å². The molecule has 96 valence electrons. The van der Waals surface area contributed by atoms with Crippen LogP contribution in [0.15, 0.2) is 22.7 Å². The van der Waals surface area contributed by atoms with Gasteiger partial charge in [0.25, 0.3) is 0 Å². The molecule has 2 N–H and O–H groups in total. The Morgan fingerprint density at radius 2 is 2.18 bits per heavy atom. The van der Waals surface area contributed by atoms with Gasteiger partial charge in [-0.25, -0.2) is 17.9 Å². The number of hydrogen-bond acceptors (Lipinski definition) is 3. The van der Waals surface area contributed by atoms with E-state index >= 15 is 0 Å². The predicted octanol–water partition coefficient (Wildman–Crippen LogP) is 1.89. The summed E-state index contributed by atoms with van der Waals surface area (Å²) in [5.41, 5.74) is 0. The minimum Gasteiger partial charge on any atom is -0.492 e. The summed E-state index contributed by atoms with van der Waals surface area (Å²) in [6, 6.07) is 4.05. The third kappa shape index (κ3) is 5.47. The summed E-state index contributed by atoms with van der Waals surface area (Å²) >= 11 is 3.21. The Morgan fingerprint density at radius 1 is 1.53 bits per heavy atom. The molecular formula is C10H13BrFNO3S. The first-order chi connectivity index (χ1) is 7.78. The van der Waals surface area contributed by atoms with Crippen molar-refractivity contribution in [3.63, 3.8) is 0 Å². The second-order valence-corrected chi connectivity index (χ2v) is 6.33. The monoisotopic (exact) mass is 325 g/mol. The van der Waals surface area contributed by atoms with Crippen molar-refractivity contribution in [3.8, 4) is 5.75 Å². The molecule has 0 heterocycles. The number of halogens is 2. The molecule has 0 fully saturated rings. The average Bonchev–Trinajstić information content (AvgIpc) is 2.17. The van der Waals surface area contributed by atoms with E-state index < -0.39 is 15.8 Å². The van der Waals surface area contributed by atoms with Crippen molar-refractivity contribution in [3.05, 3.63) is 28.5 Å². The summed E-state index contributed by atoms with van der Waals surface area (Å²) in [7, 11) is -3.51. The third-order valence-corrected chi connectivity index (χ3v) is 3.62. The van der Waals surface area contributed by atoms with Crippen LogP contribution in [0.3, 0.4) is 0 Å². The van der Waals surface area contributed by atoms with E-state index in [1.807, 2.05) is 0 Å². The molecule has 0 spiro atoms. The summed E-state index contributed by atoms with van der Waals surface area (Å²) in [6.07, 6.45) is 0. The molecule has 0 aliphatic heterocycles. The van der Waals surface area contributed by atoms with Crippen molar-refractivity contribution in [2.75, 3.05) is 12.4 Å². The number of rotatable bonds is 5. The number of ether oxygens (including phenoxy) is 1. The fourth-order valence-electron chi connectivity index (χ4n) is 1.26. The Kier molecular flexibility index (Phi) is 4.91. The van der Waals surface area contributed by atoms with Crippen molar-refractivity contribution in [1.29, 1.82) is 0 Å². The van der Waals surface area contributed by atoms with Crippen LogP contribution >= 0.6 is 15.9 Å². The number of sulfonamides is 1. The molecular weight excluding hydrogens is 313 g/mol. The van der Waals surface area contributed by atoms with Crippen molar-refractivity contribution in [2.45, 2.75) is 6.92 Å². The molecule has 1 unspecified atom stereocenters. The lowest BCUT2D eigenvalue weighted by molar-refractivity contribution is 0.269. The molecule has 0 aliphatic rings. The van der Waals surface area contributed by atoms with Gasteiger partial charge in [-0.3, -0.25) is 0 Å². The maximum Gasteiger partial charge on any atom is 0.209 e. The summed E-state index contributed by atoms with van der Waals surface area (Å²) in [5, 5.41) is 4.91. The quantitative estimate of drug-likeness (QED) is 0.898. The van der Waals surface area contributed by atoms with Crippen LogP contribution in [0.2, 0.25) is 0 Å². The minimum absolute atomic E-state index is 0.151. The second-order valence-electron chi connectivity index (χ2n) is 3.82. The number of hydrogen-bond donors (Lipinski definition) is 1. The zero-order valence-corrected chi connectivity index (χ0v) is 11.6. The lowest BCUT2D eigenvalue weighted by atomic mass is 10.2. The fourth-order valence-corrected chi connectivity index (χ4v) is 2.51. The first-order valence-corrected chi connectivity index (χ1v) is 7.37. The number of nitrogens with two attached hydrogens (primary N) is 1. The van der Waals surface area contributed by atoms with E-state index in [9.17, 15) is 12.8 Å².